The highest BCUT2D eigenvalue weighted by atomic mass is 16.5. The lowest BCUT2D eigenvalue weighted by atomic mass is 9.91. The molecule has 54 heavy (non-hydrogen) atoms. The van der Waals surface area contributed by atoms with Crippen molar-refractivity contribution in [1.29, 1.82) is 0 Å². The van der Waals surface area contributed by atoms with E-state index in [1.165, 1.54) is 10.8 Å². The van der Waals surface area contributed by atoms with E-state index in [1.807, 2.05) is 36.4 Å². The summed E-state index contributed by atoms with van der Waals surface area (Å²) in [5.74, 6) is 3.48. The van der Waals surface area contributed by atoms with Gasteiger partial charge in [-0.2, -0.15) is 0 Å². The molecule has 0 radical (unpaired) electrons. The Morgan fingerprint density at radius 3 is 1.70 bits per heavy atom. The van der Waals surface area contributed by atoms with Gasteiger partial charge in [0.15, 0.2) is 17.5 Å². The number of fused-ring (bicyclic) bond motifs is 5. The van der Waals surface area contributed by atoms with Crippen LogP contribution in [0.2, 0.25) is 0 Å². The molecule has 0 saturated heterocycles. The summed E-state index contributed by atoms with van der Waals surface area (Å²) < 4.78 is 9.15. The van der Waals surface area contributed by atoms with Crippen LogP contribution in [0.5, 0.6) is 11.5 Å². The predicted octanol–water partition coefficient (Wildman–Crippen LogP) is 12.6. The summed E-state index contributed by atoms with van der Waals surface area (Å²) in [6.07, 6.45) is 0. The van der Waals surface area contributed by atoms with Gasteiger partial charge in [0, 0.05) is 38.4 Å². The average molecular weight is 691 g/mol. The van der Waals surface area contributed by atoms with Crippen LogP contribution in [0, 0.1) is 0 Å². The third-order valence-corrected chi connectivity index (χ3v) is 10.5. The van der Waals surface area contributed by atoms with E-state index in [2.05, 4.69) is 150 Å². The molecule has 0 fully saturated rings. The quantitative estimate of drug-likeness (QED) is 0.180. The van der Waals surface area contributed by atoms with Crippen molar-refractivity contribution in [3.05, 3.63) is 182 Å². The molecule has 11 rings (SSSR count). The van der Waals surface area contributed by atoms with E-state index in [0.29, 0.717) is 17.5 Å². The largest absolute Gasteiger partial charge is 0.456 e. The van der Waals surface area contributed by atoms with Crippen molar-refractivity contribution < 1.29 is 4.74 Å². The molecule has 1 aliphatic rings. The van der Waals surface area contributed by atoms with Crippen molar-refractivity contribution in [3.8, 4) is 73.6 Å². The fourth-order valence-corrected chi connectivity index (χ4v) is 8.04. The van der Waals surface area contributed by atoms with E-state index in [4.69, 9.17) is 19.7 Å². The molecule has 8 aromatic carbocycles. The highest BCUT2D eigenvalue weighted by Crippen LogP contribution is 2.51. The Morgan fingerprint density at radius 1 is 0.370 bits per heavy atom. The van der Waals surface area contributed by atoms with Crippen LogP contribution < -0.4 is 4.74 Å². The maximum absolute atomic E-state index is 6.78. The number of para-hydroxylation sites is 2. The molecule has 0 unspecified atom stereocenters. The zero-order chi connectivity index (χ0) is 35.6. The molecule has 252 valence electrons. The average Bonchev–Trinajstić information content (AvgIpc) is 3.58. The third kappa shape index (κ3) is 4.76. The number of benzene rings is 8. The van der Waals surface area contributed by atoms with E-state index >= 15 is 0 Å². The van der Waals surface area contributed by atoms with Gasteiger partial charge < -0.3 is 9.30 Å². The van der Waals surface area contributed by atoms with Crippen molar-refractivity contribution in [2.45, 2.75) is 0 Å². The molecule has 0 atom stereocenters. The van der Waals surface area contributed by atoms with Crippen molar-refractivity contribution in [3.63, 3.8) is 0 Å². The molecule has 0 aliphatic carbocycles. The number of hydrogen-bond acceptors (Lipinski definition) is 4. The summed E-state index contributed by atoms with van der Waals surface area (Å²) in [7, 11) is 0. The van der Waals surface area contributed by atoms with Gasteiger partial charge in [-0.25, -0.2) is 15.0 Å². The Kier molecular flexibility index (Phi) is 6.79. The van der Waals surface area contributed by atoms with Gasteiger partial charge in [-0.3, -0.25) is 0 Å². The summed E-state index contributed by atoms with van der Waals surface area (Å²) in [5, 5.41) is 4.49. The van der Waals surface area contributed by atoms with Gasteiger partial charge in [0.2, 0.25) is 0 Å². The number of rotatable bonds is 5. The van der Waals surface area contributed by atoms with E-state index in [0.717, 1.165) is 77.9 Å². The van der Waals surface area contributed by atoms with Crippen LogP contribution >= 0.6 is 0 Å². The zero-order valence-corrected chi connectivity index (χ0v) is 29.0. The summed E-state index contributed by atoms with van der Waals surface area (Å²) in [6, 6.07) is 63.1. The van der Waals surface area contributed by atoms with Crippen LogP contribution in [0.1, 0.15) is 0 Å². The Balaban J connectivity index is 1.13. The first-order valence-corrected chi connectivity index (χ1v) is 18.1. The van der Waals surface area contributed by atoms with Crippen molar-refractivity contribution in [2.75, 3.05) is 0 Å². The van der Waals surface area contributed by atoms with Crippen LogP contribution in [0.25, 0.3) is 94.7 Å². The second kappa shape index (κ2) is 12.1. The molecule has 0 bridgehead atoms. The van der Waals surface area contributed by atoms with E-state index in [-0.39, 0.29) is 0 Å². The molecule has 5 nitrogen and oxygen atoms in total. The second-order valence-corrected chi connectivity index (χ2v) is 13.6. The second-order valence-electron chi connectivity index (χ2n) is 13.6. The highest BCUT2D eigenvalue weighted by molar-refractivity contribution is 6.13. The summed E-state index contributed by atoms with van der Waals surface area (Å²) in [5.41, 5.74) is 10.5. The maximum atomic E-state index is 6.78. The van der Waals surface area contributed by atoms with E-state index < -0.39 is 0 Å². The summed E-state index contributed by atoms with van der Waals surface area (Å²) >= 11 is 0. The minimum atomic E-state index is 0.606. The van der Waals surface area contributed by atoms with Gasteiger partial charge in [0.25, 0.3) is 0 Å². The first-order valence-electron chi connectivity index (χ1n) is 18.1. The normalized spacial score (nSPS) is 11.9. The molecular weight excluding hydrogens is 661 g/mol. The van der Waals surface area contributed by atoms with E-state index in [1.54, 1.807) is 0 Å². The first kappa shape index (κ1) is 30.3. The Labute approximate surface area is 311 Å². The monoisotopic (exact) mass is 690 g/mol. The number of hydrogen-bond donors (Lipinski definition) is 0. The smallest absolute Gasteiger partial charge is 0.164 e. The summed E-state index contributed by atoms with van der Waals surface area (Å²) in [6.45, 7) is 0. The van der Waals surface area contributed by atoms with Crippen LogP contribution in [-0.2, 0) is 0 Å². The molecule has 2 aromatic heterocycles. The van der Waals surface area contributed by atoms with Gasteiger partial charge in [0.05, 0.1) is 16.7 Å². The zero-order valence-electron chi connectivity index (χ0n) is 29.0. The van der Waals surface area contributed by atoms with E-state index in [9.17, 15) is 0 Å². The minimum Gasteiger partial charge on any atom is -0.456 e. The SMILES string of the molecule is c1ccc(-c2cccc(-c3nc(-c4ccccc4)nc(-c4ccc5c6c(cccc46)-c4c(cccc4-n4c6ccccc6c6ccccc64)O5)n3)c2)cc1. The Hall–Kier alpha value is -7.37. The number of ether oxygens (including phenoxy) is 1. The lowest BCUT2D eigenvalue weighted by Gasteiger charge is -2.25. The van der Waals surface area contributed by atoms with Crippen LogP contribution in [0.4, 0.5) is 0 Å². The van der Waals surface area contributed by atoms with Crippen LogP contribution in [-0.4, -0.2) is 19.5 Å². The van der Waals surface area contributed by atoms with Gasteiger partial charge >= 0.3 is 0 Å². The van der Waals surface area contributed by atoms with Gasteiger partial charge in [0.1, 0.15) is 11.5 Å². The lowest BCUT2D eigenvalue weighted by molar-refractivity contribution is 0.487. The highest BCUT2D eigenvalue weighted by Gasteiger charge is 2.27. The van der Waals surface area contributed by atoms with Crippen LogP contribution in [0.3, 0.4) is 0 Å². The summed E-state index contributed by atoms with van der Waals surface area (Å²) in [4.78, 5) is 15.4. The molecule has 0 spiro atoms. The molecule has 3 heterocycles. The Bertz CT molecular complexity index is 3020. The maximum Gasteiger partial charge on any atom is 0.164 e. The first-order chi connectivity index (χ1) is 26.8. The topological polar surface area (TPSA) is 52.8 Å². The fraction of sp³-hybridized carbons (Fsp3) is 0. The third-order valence-electron chi connectivity index (χ3n) is 10.5. The molecule has 0 N–H and O–H groups in total. The number of aromatic nitrogens is 4. The fourth-order valence-electron chi connectivity index (χ4n) is 8.04. The standard InChI is InChI=1S/C49H30N4O/c1-3-14-31(15-4-1)33-18-11-19-34(30-33)48-50-47(32-16-5-2-6-17-32)51-49(52-48)38-28-29-44-45-37(38)22-12-23-39(45)46-42(26-13-27-43(46)54-44)53-40-24-9-7-20-35(40)36-21-8-10-25-41(36)53/h1-30H. The van der Waals surface area contributed by atoms with Gasteiger partial charge in [-0.15, -0.1) is 0 Å². The Morgan fingerprint density at radius 2 is 0.944 bits per heavy atom. The molecule has 10 aromatic rings. The van der Waals surface area contributed by atoms with Gasteiger partial charge in [-0.05, 0) is 64.5 Å². The molecule has 0 amide bonds. The van der Waals surface area contributed by atoms with Crippen LogP contribution in [0.15, 0.2) is 182 Å². The minimum absolute atomic E-state index is 0.606. The lowest BCUT2D eigenvalue weighted by Crippen LogP contribution is -2.04. The van der Waals surface area contributed by atoms with Crippen molar-refractivity contribution in [2.24, 2.45) is 0 Å². The molecular formula is C49H30N4O. The van der Waals surface area contributed by atoms with Crippen molar-refractivity contribution >= 4 is 32.6 Å². The van der Waals surface area contributed by atoms with Gasteiger partial charge in [-0.1, -0.05) is 140 Å². The molecule has 1 aliphatic heterocycles. The molecule has 5 heteroatoms. The predicted molar refractivity (Wildman–Crippen MR) is 219 cm³/mol. The van der Waals surface area contributed by atoms with Crippen molar-refractivity contribution in [1.82, 2.24) is 19.5 Å². The molecule has 0 saturated carbocycles. The number of nitrogens with zero attached hydrogens (tertiary/aromatic N) is 4.